The molecular weight excluding hydrogens is 346 g/mol. The average molecular weight is 358 g/mol. The van der Waals surface area contributed by atoms with Gasteiger partial charge in [0.1, 0.15) is 5.75 Å². The fourth-order valence-corrected chi connectivity index (χ4v) is 2.14. The van der Waals surface area contributed by atoms with Gasteiger partial charge in [-0.2, -0.15) is 0 Å². The molecule has 0 atom stereocenters. The molecule has 110 valence electrons. The van der Waals surface area contributed by atoms with Gasteiger partial charge in [-0.05, 0) is 18.9 Å². The summed E-state index contributed by atoms with van der Waals surface area (Å²) in [7, 11) is 0. The smallest absolute Gasteiger partial charge is 0.235 e. The van der Waals surface area contributed by atoms with Crippen LogP contribution in [-0.2, 0) is 9.59 Å². The van der Waals surface area contributed by atoms with Crippen molar-refractivity contribution in [2.75, 3.05) is 12.5 Å². The van der Waals surface area contributed by atoms with Crippen LogP contribution < -0.4 is 4.74 Å². The van der Waals surface area contributed by atoms with E-state index in [1.54, 1.807) is 0 Å². The third kappa shape index (κ3) is 5.49. The van der Waals surface area contributed by atoms with Gasteiger partial charge < -0.3 is 4.74 Å². The molecule has 0 heterocycles. The average Bonchev–Trinajstić information content (AvgIpc) is 2.41. The summed E-state index contributed by atoms with van der Waals surface area (Å²) in [5, 5.41) is 0.765. The molecule has 1 aromatic carbocycles. The van der Waals surface area contributed by atoms with Crippen LogP contribution >= 0.6 is 46.4 Å². The van der Waals surface area contributed by atoms with E-state index in [1.807, 2.05) is 0 Å². The molecule has 0 aliphatic carbocycles. The molecule has 0 unspecified atom stereocenters. The van der Waals surface area contributed by atoms with Crippen molar-refractivity contribution in [1.82, 2.24) is 0 Å². The van der Waals surface area contributed by atoms with Crippen molar-refractivity contribution < 1.29 is 14.3 Å². The van der Waals surface area contributed by atoms with Crippen LogP contribution in [0, 0.1) is 0 Å². The molecule has 0 radical (unpaired) electrons. The number of hydrogen-bond acceptors (Lipinski definition) is 3. The van der Waals surface area contributed by atoms with Crippen LogP contribution in [0.2, 0.25) is 15.1 Å². The van der Waals surface area contributed by atoms with Crippen molar-refractivity contribution in [3.05, 3.63) is 27.2 Å². The highest BCUT2D eigenvalue weighted by molar-refractivity contribution is 6.43. The lowest BCUT2D eigenvalue weighted by atomic mass is 10.1. The first kappa shape index (κ1) is 17.6. The summed E-state index contributed by atoms with van der Waals surface area (Å²) in [6.45, 7) is -0.378. The molecule has 0 aliphatic heterocycles. The fraction of sp³-hybridized carbons (Fsp3) is 0.385. The van der Waals surface area contributed by atoms with E-state index in [0.29, 0.717) is 18.7 Å². The molecule has 7 heteroatoms. The standard InChI is InChI=1S/C13H12Cl4O3/c14-4-2-1-3-11(18)12(19)7-20-13-6-9(16)8(15)5-10(13)17/h5-6H,1-4,7H2. The van der Waals surface area contributed by atoms with Gasteiger partial charge >= 0.3 is 0 Å². The highest BCUT2D eigenvalue weighted by Crippen LogP contribution is 2.33. The molecule has 0 fully saturated rings. The number of ether oxygens (including phenoxy) is 1. The molecule has 20 heavy (non-hydrogen) atoms. The van der Waals surface area contributed by atoms with Crippen molar-refractivity contribution in [3.63, 3.8) is 0 Å². The van der Waals surface area contributed by atoms with E-state index in [9.17, 15) is 9.59 Å². The summed E-state index contributed by atoms with van der Waals surface area (Å²) >= 11 is 23.0. The monoisotopic (exact) mass is 356 g/mol. The number of unbranched alkanes of at least 4 members (excludes halogenated alkanes) is 1. The van der Waals surface area contributed by atoms with Crippen molar-refractivity contribution >= 4 is 58.0 Å². The first-order valence-electron chi connectivity index (χ1n) is 5.85. The Balaban J connectivity index is 2.52. The number of carbonyl (C=O) groups is 2. The number of Topliss-reactive ketones (excluding diaryl/α,β-unsaturated/α-hetero) is 2. The van der Waals surface area contributed by atoms with Crippen molar-refractivity contribution in [2.45, 2.75) is 19.3 Å². The molecule has 0 spiro atoms. The maximum atomic E-state index is 11.6. The van der Waals surface area contributed by atoms with E-state index in [4.69, 9.17) is 51.1 Å². The Morgan fingerprint density at radius 3 is 2.25 bits per heavy atom. The van der Waals surface area contributed by atoms with Gasteiger partial charge in [0.2, 0.25) is 11.6 Å². The summed E-state index contributed by atoms with van der Waals surface area (Å²) in [6.07, 6.45) is 1.45. The zero-order chi connectivity index (χ0) is 15.1. The Hall–Kier alpha value is -0.480. The Kier molecular flexibility index (Phi) is 7.67. The lowest BCUT2D eigenvalue weighted by Gasteiger charge is -2.08. The maximum absolute atomic E-state index is 11.6. The molecule has 0 N–H and O–H groups in total. The number of hydrogen-bond donors (Lipinski definition) is 0. The van der Waals surface area contributed by atoms with Gasteiger partial charge in [-0.3, -0.25) is 9.59 Å². The minimum atomic E-state index is -0.610. The van der Waals surface area contributed by atoms with Gasteiger partial charge in [-0.15, -0.1) is 11.6 Å². The van der Waals surface area contributed by atoms with Gasteiger partial charge in [0.15, 0.2) is 6.61 Å². The summed E-state index contributed by atoms with van der Waals surface area (Å²) in [4.78, 5) is 23.1. The summed E-state index contributed by atoms with van der Waals surface area (Å²) in [5.74, 6) is -0.410. The van der Waals surface area contributed by atoms with Crippen LogP contribution in [-0.4, -0.2) is 24.1 Å². The zero-order valence-corrected chi connectivity index (χ0v) is 13.5. The van der Waals surface area contributed by atoms with Crippen LogP contribution in [0.3, 0.4) is 0 Å². The number of rotatable bonds is 8. The minimum absolute atomic E-state index is 0.171. The number of alkyl halides is 1. The van der Waals surface area contributed by atoms with Crippen LogP contribution in [0.4, 0.5) is 0 Å². The summed E-state index contributed by atoms with van der Waals surface area (Å²) in [6, 6.07) is 2.81. The highest BCUT2D eigenvalue weighted by Gasteiger charge is 2.15. The summed E-state index contributed by atoms with van der Waals surface area (Å²) < 4.78 is 5.19. The number of ketones is 2. The number of benzene rings is 1. The molecule has 1 rings (SSSR count). The van der Waals surface area contributed by atoms with Crippen molar-refractivity contribution in [2.24, 2.45) is 0 Å². The second-order valence-corrected chi connectivity index (χ2v) is 5.58. The van der Waals surface area contributed by atoms with Gasteiger partial charge in [0.25, 0.3) is 0 Å². The minimum Gasteiger partial charge on any atom is -0.484 e. The Bertz CT molecular complexity index is 503. The van der Waals surface area contributed by atoms with Crippen molar-refractivity contribution in [1.29, 1.82) is 0 Å². The fourth-order valence-electron chi connectivity index (χ4n) is 1.36. The first-order chi connectivity index (χ1) is 9.45. The Morgan fingerprint density at radius 2 is 1.60 bits per heavy atom. The molecular formula is C13H12Cl4O3. The van der Waals surface area contributed by atoms with Crippen LogP contribution in [0.25, 0.3) is 0 Å². The number of halogens is 4. The molecule has 0 saturated heterocycles. The molecule has 0 amide bonds. The van der Waals surface area contributed by atoms with E-state index >= 15 is 0 Å². The molecule has 0 bridgehead atoms. The predicted molar refractivity (Wildman–Crippen MR) is 81.6 cm³/mol. The SMILES string of the molecule is O=C(CCCCCl)C(=O)COc1cc(Cl)c(Cl)cc1Cl. The van der Waals surface area contributed by atoms with E-state index in [-0.39, 0.29) is 33.8 Å². The Labute approximate surface area is 137 Å². The second-order valence-electron chi connectivity index (χ2n) is 3.98. The largest absolute Gasteiger partial charge is 0.484 e. The topological polar surface area (TPSA) is 43.4 Å². The lowest BCUT2D eigenvalue weighted by Crippen LogP contribution is -2.21. The van der Waals surface area contributed by atoms with E-state index in [1.165, 1.54) is 12.1 Å². The molecule has 0 saturated carbocycles. The van der Waals surface area contributed by atoms with Gasteiger partial charge in [0, 0.05) is 18.4 Å². The third-order valence-corrected chi connectivity index (χ3v) is 3.72. The maximum Gasteiger partial charge on any atom is 0.235 e. The van der Waals surface area contributed by atoms with E-state index in [0.717, 1.165) is 0 Å². The van der Waals surface area contributed by atoms with Crippen LogP contribution in [0.5, 0.6) is 5.75 Å². The van der Waals surface area contributed by atoms with Crippen molar-refractivity contribution in [3.8, 4) is 5.75 Å². The Morgan fingerprint density at radius 1 is 0.950 bits per heavy atom. The van der Waals surface area contributed by atoms with E-state index in [2.05, 4.69) is 0 Å². The van der Waals surface area contributed by atoms with E-state index < -0.39 is 11.6 Å². The lowest BCUT2D eigenvalue weighted by molar-refractivity contribution is -0.137. The molecule has 0 aromatic heterocycles. The zero-order valence-electron chi connectivity index (χ0n) is 10.4. The van der Waals surface area contributed by atoms with Gasteiger partial charge in [-0.25, -0.2) is 0 Å². The summed E-state index contributed by atoms with van der Waals surface area (Å²) in [5.41, 5.74) is 0. The van der Waals surface area contributed by atoms with Crippen LogP contribution in [0.15, 0.2) is 12.1 Å². The molecule has 1 aromatic rings. The van der Waals surface area contributed by atoms with Gasteiger partial charge in [0.05, 0.1) is 15.1 Å². The first-order valence-corrected chi connectivity index (χ1v) is 7.52. The normalized spacial score (nSPS) is 10.4. The predicted octanol–water partition coefficient (Wildman–Crippen LogP) is 4.57. The second kappa shape index (κ2) is 8.73. The third-order valence-electron chi connectivity index (χ3n) is 2.43. The molecule has 0 aliphatic rings. The number of carbonyl (C=O) groups excluding carboxylic acids is 2. The highest BCUT2D eigenvalue weighted by atomic mass is 35.5. The van der Waals surface area contributed by atoms with Gasteiger partial charge in [-0.1, -0.05) is 34.8 Å². The molecule has 3 nitrogen and oxygen atoms in total. The van der Waals surface area contributed by atoms with Crippen LogP contribution in [0.1, 0.15) is 19.3 Å². The quantitative estimate of drug-likeness (QED) is 0.296.